The molecule has 1 aromatic heterocycles. The van der Waals surface area contributed by atoms with Crippen molar-refractivity contribution in [3.05, 3.63) is 58.9 Å². The molecular weight excluding hydrogens is 362 g/mol. The van der Waals surface area contributed by atoms with Gasteiger partial charge in [-0.1, -0.05) is 6.07 Å². The minimum Gasteiger partial charge on any atom is -0.493 e. The second-order valence-corrected chi connectivity index (χ2v) is 6.04. The van der Waals surface area contributed by atoms with Crippen LogP contribution >= 0.6 is 0 Å². The molecule has 3 aromatic rings. The molecule has 0 spiro atoms. The monoisotopic (exact) mass is 381 g/mol. The predicted molar refractivity (Wildman–Crippen MR) is 103 cm³/mol. The van der Waals surface area contributed by atoms with Gasteiger partial charge in [0.15, 0.2) is 23.0 Å². The predicted octanol–water partition coefficient (Wildman–Crippen LogP) is 3.26. The fourth-order valence-electron chi connectivity index (χ4n) is 3.23. The third-order valence-electron chi connectivity index (χ3n) is 4.53. The van der Waals surface area contributed by atoms with Crippen molar-refractivity contribution in [2.75, 3.05) is 28.1 Å². The minimum absolute atomic E-state index is 0.169. The number of nitrogens with zero attached hydrogens (tertiary/aromatic N) is 1. The summed E-state index contributed by atoms with van der Waals surface area (Å²) in [4.78, 5) is 12.7. The minimum atomic E-state index is -0.176. The van der Waals surface area contributed by atoms with E-state index in [0.717, 1.165) is 5.56 Å². The van der Waals surface area contributed by atoms with Crippen molar-refractivity contribution in [1.29, 1.82) is 0 Å². The van der Waals surface area contributed by atoms with E-state index >= 15 is 0 Å². The van der Waals surface area contributed by atoms with Crippen LogP contribution in [0.2, 0.25) is 0 Å². The summed E-state index contributed by atoms with van der Waals surface area (Å²) in [6.07, 6.45) is 0. The van der Waals surface area contributed by atoms with Gasteiger partial charge in [0.2, 0.25) is 12.5 Å². The first-order chi connectivity index (χ1) is 13.7. The molecule has 7 nitrogen and oxygen atoms in total. The van der Waals surface area contributed by atoms with Crippen LogP contribution < -0.4 is 29.2 Å². The highest BCUT2D eigenvalue weighted by Crippen LogP contribution is 2.41. The Morgan fingerprint density at radius 1 is 0.857 bits per heavy atom. The van der Waals surface area contributed by atoms with Crippen LogP contribution in [0.3, 0.4) is 0 Å². The summed E-state index contributed by atoms with van der Waals surface area (Å²) in [5.74, 6) is 2.75. The van der Waals surface area contributed by atoms with Crippen LogP contribution in [0.4, 0.5) is 0 Å². The van der Waals surface area contributed by atoms with Crippen molar-refractivity contribution < 1.29 is 23.7 Å². The molecule has 0 amide bonds. The van der Waals surface area contributed by atoms with Crippen molar-refractivity contribution in [2.45, 2.75) is 0 Å². The Morgan fingerprint density at radius 3 is 2.25 bits per heavy atom. The van der Waals surface area contributed by atoms with E-state index in [1.54, 1.807) is 56.2 Å². The van der Waals surface area contributed by atoms with Crippen LogP contribution in [0.25, 0.3) is 16.9 Å². The molecule has 1 aliphatic heterocycles. The zero-order valence-corrected chi connectivity index (χ0v) is 15.7. The van der Waals surface area contributed by atoms with Gasteiger partial charge >= 0.3 is 0 Å². The lowest BCUT2D eigenvalue weighted by atomic mass is 10.1. The van der Waals surface area contributed by atoms with E-state index in [9.17, 15) is 4.79 Å². The molecule has 7 heteroatoms. The zero-order valence-electron chi connectivity index (χ0n) is 15.7. The summed E-state index contributed by atoms with van der Waals surface area (Å²) >= 11 is 0. The Balaban J connectivity index is 1.93. The number of ether oxygens (including phenoxy) is 5. The van der Waals surface area contributed by atoms with E-state index in [-0.39, 0.29) is 12.4 Å². The number of fused-ring (bicyclic) bond motifs is 1. The largest absolute Gasteiger partial charge is 0.493 e. The van der Waals surface area contributed by atoms with Crippen LogP contribution in [0.15, 0.2) is 53.3 Å². The molecule has 144 valence electrons. The second-order valence-electron chi connectivity index (χ2n) is 6.04. The highest BCUT2D eigenvalue weighted by Gasteiger charge is 2.19. The van der Waals surface area contributed by atoms with E-state index in [0.29, 0.717) is 40.1 Å². The SMILES string of the molecule is COc1cc(-c2cccc(=O)n2-c2ccc3c(c2)OCO3)cc(OC)c1OC. The Morgan fingerprint density at radius 2 is 1.57 bits per heavy atom. The summed E-state index contributed by atoms with van der Waals surface area (Å²) in [6.45, 7) is 0.169. The van der Waals surface area contributed by atoms with Gasteiger partial charge in [-0.15, -0.1) is 0 Å². The maximum absolute atomic E-state index is 12.7. The Labute approximate surface area is 161 Å². The lowest BCUT2D eigenvalue weighted by Crippen LogP contribution is -2.18. The Hall–Kier alpha value is -3.61. The maximum atomic E-state index is 12.7. The van der Waals surface area contributed by atoms with Gasteiger partial charge in [0.25, 0.3) is 5.56 Å². The molecule has 0 aliphatic carbocycles. The summed E-state index contributed by atoms with van der Waals surface area (Å²) in [6, 6.07) is 14.1. The normalized spacial score (nSPS) is 12.0. The Kier molecular flexibility index (Phi) is 4.57. The molecular formula is C21H19NO6. The molecule has 0 N–H and O–H groups in total. The lowest BCUT2D eigenvalue weighted by Gasteiger charge is -2.17. The van der Waals surface area contributed by atoms with Gasteiger partial charge in [0.05, 0.1) is 32.7 Å². The highest BCUT2D eigenvalue weighted by molar-refractivity contribution is 5.70. The van der Waals surface area contributed by atoms with Gasteiger partial charge in [-0.25, -0.2) is 0 Å². The quantitative estimate of drug-likeness (QED) is 0.676. The van der Waals surface area contributed by atoms with Crippen LogP contribution in [0.1, 0.15) is 0 Å². The average Bonchev–Trinajstić information content (AvgIpc) is 3.20. The first kappa shape index (κ1) is 17.8. The zero-order chi connectivity index (χ0) is 19.7. The molecule has 1 aliphatic rings. The summed E-state index contributed by atoms with van der Waals surface area (Å²) in [5, 5.41) is 0. The van der Waals surface area contributed by atoms with E-state index < -0.39 is 0 Å². The van der Waals surface area contributed by atoms with Gasteiger partial charge < -0.3 is 23.7 Å². The molecule has 28 heavy (non-hydrogen) atoms. The molecule has 0 saturated heterocycles. The molecule has 4 rings (SSSR count). The van der Waals surface area contributed by atoms with Gasteiger partial charge in [-0.2, -0.15) is 0 Å². The van der Waals surface area contributed by atoms with E-state index in [1.807, 2.05) is 12.1 Å². The first-order valence-electron chi connectivity index (χ1n) is 8.58. The van der Waals surface area contributed by atoms with Crippen molar-refractivity contribution in [1.82, 2.24) is 4.57 Å². The second kappa shape index (κ2) is 7.19. The van der Waals surface area contributed by atoms with Crippen molar-refractivity contribution in [2.24, 2.45) is 0 Å². The van der Waals surface area contributed by atoms with E-state index in [4.69, 9.17) is 23.7 Å². The third kappa shape index (κ3) is 2.90. The first-order valence-corrected chi connectivity index (χ1v) is 8.58. The van der Waals surface area contributed by atoms with Crippen LogP contribution in [-0.2, 0) is 0 Å². The van der Waals surface area contributed by atoms with Gasteiger partial charge in [-0.05, 0) is 30.3 Å². The fraction of sp³-hybridized carbons (Fsp3) is 0.190. The van der Waals surface area contributed by atoms with E-state index in [2.05, 4.69) is 0 Å². The van der Waals surface area contributed by atoms with Crippen molar-refractivity contribution >= 4 is 0 Å². The summed E-state index contributed by atoms with van der Waals surface area (Å²) in [7, 11) is 4.65. The Bertz CT molecular complexity index is 1060. The van der Waals surface area contributed by atoms with Crippen molar-refractivity contribution in [3.63, 3.8) is 0 Å². The standard InChI is InChI=1S/C21H19NO6/c1-24-18-9-13(10-19(25-2)21(18)26-3)15-5-4-6-20(23)22(15)14-7-8-16-17(11-14)28-12-27-16/h4-11H,12H2,1-3H3. The smallest absolute Gasteiger partial charge is 0.255 e. The molecule has 2 heterocycles. The fourth-order valence-corrected chi connectivity index (χ4v) is 3.23. The molecule has 0 radical (unpaired) electrons. The van der Waals surface area contributed by atoms with Gasteiger partial charge in [-0.3, -0.25) is 9.36 Å². The molecule has 2 aromatic carbocycles. The van der Waals surface area contributed by atoms with Gasteiger partial charge in [0.1, 0.15) is 0 Å². The summed E-state index contributed by atoms with van der Waals surface area (Å²) < 4.78 is 28.7. The van der Waals surface area contributed by atoms with Crippen LogP contribution in [0, 0.1) is 0 Å². The highest BCUT2D eigenvalue weighted by atomic mass is 16.7. The molecule has 0 fully saturated rings. The molecule has 0 atom stereocenters. The number of hydrogen-bond acceptors (Lipinski definition) is 6. The number of methoxy groups -OCH3 is 3. The summed E-state index contributed by atoms with van der Waals surface area (Å²) in [5.41, 5.74) is 1.90. The maximum Gasteiger partial charge on any atom is 0.255 e. The molecule has 0 saturated carbocycles. The molecule has 0 bridgehead atoms. The van der Waals surface area contributed by atoms with Crippen LogP contribution in [0.5, 0.6) is 28.7 Å². The number of benzene rings is 2. The topological polar surface area (TPSA) is 68.2 Å². The number of aromatic nitrogens is 1. The number of hydrogen-bond donors (Lipinski definition) is 0. The third-order valence-corrected chi connectivity index (χ3v) is 4.53. The van der Waals surface area contributed by atoms with Gasteiger partial charge in [0, 0.05) is 17.7 Å². The van der Waals surface area contributed by atoms with Crippen LogP contribution in [-0.4, -0.2) is 32.7 Å². The number of pyridine rings is 1. The average molecular weight is 381 g/mol. The lowest BCUT2D eigenvalue weighted by molar-refractivity contribution is 0.174. The number of rotatable bonds is 5. The van der Waals surface area contributed by atoms with E-state index in [1.165, 1.54) is 6.07 Å². The van der Waals surface area contributed by atoms with Crippen molar-refractivity contribution in [3.8, 4) is 45.7 Å². The molecule has 0 unspecified atom stereocenters.